The Morgan fingerprint density at radius 3 is 2.67 bits per heavy atom. The van der Waals surface area contributed by atoms with Crippen LogP contribution in [0, 0.1) is 5.92 Å². The topological polar surface area (TPSA) is 43.4 Å². The Bertz CT molecular complexity index is 282. The second kappa shape index (κ2) is 4.24. The first-order chi connectivity index (χ1) is 7.18. The van der Waals surface area contributed by atoms with E-state index in [1.165, 1.54) is 6.42 Å². The number of carbonyl (C=O) groups is 2. The van der Waals surface area contributed by atoms with Crippen molar-refractivity contribution in [3.05, 3.63) is 0 Å². The van der Waals surface area contributed by atoms with Gasteiger partial charge in [0.2, 0.25) is 0 Å². The third-order valence-corrected chi connectivity index (χ3v) is 4.10. The van der Waals surface area contributed by atoms with E-state index in [0.29, 0.717) is 5.33 Å². The van der Waals surface area contributed by atoms with Crippen molar-refractivity contribution in [1.82, 2.24) is 0 Å². The van der Waals surface area contributed by atoms with Gasteiger partial charge in [-0.3, -0.25) is 9.59 Å². The molecule has 0 bridgehead atoms. The zero-order valence-electron chi connectivity index (χ0n) is 8.63. The monoisotopic (exact) mass is 274 g/mol. The van der Waals surface area contributed by atoms with E-state index in [4.69, 9.17) is 4.74 Å². The molecule has 1 unspecified atom stereocenters. The highest BCUT2D eigenvalue weighted by atomic mass is 79.9. The van der Waals surface area contributed by atoms with Gasteiger partial charge in [-0.25, -0.2) is 0 Å². The van der Waals surface area contributed by atoms with Crippen LogP contribution in [-0.2, 0) is 14.3 Å². The quantitative estimate of drug-likeness (QED) is 0.573. The van der Waals surface area contributed by atoms with Gasteiger partial charge in [0.05, 0.1) is 17.7 Å². The fraction of sp³-hybridized carbons (Fsp3) is 0.818. The van der Waals surface area contributed by atoms with Gasteiger partial charge in [-0.2, -0.15) is 0 Å². The maximum absolute atomic E-state index is 11.8. The number of hydrogen-bond donors (Lipinski definition) is 0. The minimum absolute atomic E-state index is 0.114. The van der Waals surface area contributed by atoms with E-state index in [1.807, 2.05) is 0 Å². The molecule has 0 radical (unpaired) electrons. The molecule has 0 aromatic heterocycles. The standard InChI is InChI=1S/C11H15BrO3/c12-7-9(13)8-6-10(14)15-11(8)4-2-1-3-5-11/h8H,1-7H2. The summed E-state index contributed by atoms with van der Waals surface area (Å²) >= 11 is 3.18. The van der Waals surface area contributed by atoms with Crippen molar-refractivity contribution in [3.63, 3.8) is 0 Å². The van der Waals surface area contributed by atoms with Crippen molar-refractivity contribution in [2.75, 3.05) is 5.33 Å². The van der Waals surface area contributed by atoms with Crippen molar-refractivity contribution >= 4 is 27.7 Å². The number of carbonyl (C=O) groups excluding carboxylic acids is 2. The molecule has 0 N–H and O–H groups in total. The van der Waals surface area contributed by atoms with E-state index in [0.717, 1.165) is 25.7 Å². The molecule has 1 spiro atoms. The number of ether oxygens (including phenoxy) is 1. The summed E-state index contributed by atoms with van der Waals surface area (Å²) in [6.07, 6.45) is 5.34. The molecule has 2 fully saturated rings. The lowest BCUT2D eigenvalue weighted by Gasteiger charge is -2.35. The molecule has 2 aliphatic rings. The van der Waals surface area contributed by atoms with Gasteiger partial charge in [-0.15, -0.1) is 0 Å². The number of hydrogen-bond acceptors (Lipinski definition) is 3. The first-order valence-electron chi connectivity index (χ1n) is 5.48. The van der Waals surface area contributed by atoms with Crippen LogP contribution in [0.4, 0.5) is 0 Å². The van der Waals surface area contributed by atoms with Gasteiger partial charge in [-0.05, 0) is 25.7 Å². The van der Waals surface area contributed by atoms with E-state index in [-0.39, 0.29) is 24.1 Å². The third-order valence-electron chi connectivity index (χ3n) is 3.54. The normalized spacial score (nSPS) is 29.1. The van der Waals surface area contributed by atoms with Gasteiger partial charge in [0.25, 0.3) is 0 Å². The molecule has 2 rings (SSSR count). The lowest BCUT2D eigenvalue weighted by Crippen LogP contribution is -2.41. The van der Waals surface area contributed by atoms with Gasteiger partial charge in [-0.1, -0.05) is 22.4 Å². The molecule has 84 valence electrons. The highest BCUT2D eigenvalue weighted by Gasteiger charge is 2.52. The summed E-state index contributed by atoms with van der Waals surface area (Å²) in [5.74, 6) is -0.288. The SMILES string of the molecule is O=C1CC(C(=O)CBr)C2(CCCCC2)O1. The number of rotatable bonds is 2. The van der Waals surface area contributed by atoms with Crippen molar-refractivity contribution in [1.29, 1.82) is 0 Å². The molecular weight excluding hydrogens is 260 g/mol. The Labute approximate surface area is 97.7 Å². The van der Waals surface area contributed by atoms with Crippen LogP contribution >= 0.6 is 15.9 Å². The summed E-state index contributed by atoms with van der Waals surface area (Å²) in [6.45, 7) is 0. The first-order valence-corrected chi connectivity index (χ1v) is 6.61. The van der Waals surface area contributed by atoms with Crippen molar-refractivity contribution < 1.29 is 14.3 Å². The molecule has 0 aromatic carbocycles. The number of esters is 1. The maximum atomic E-state index is 11.8. The highest BCUT2D eigenvalue weighted by Crippen LogP contribution is 2.44. The molecule has 1 aliphatic heterocycles. The lowest BCUT2D eigenvalue weighted by atomic mass is 9.74. The Kier molecular flexibility index (Phi) is 3.14. The second-order valence-corrected chi connectivity index (χ2v) is 5.02. The third kappa shape index (κ3) is 1.96. The Hall–Kier alpha value is -0.380. The minimum Gasteiger partial charge on any atom is -0.458 e. The minimum atomic E-state index is -0.444. The zero-order chi connectivity index (χ0) is 10.9. The van der Waals surface area contributed by atoms with E-state index in [9.17, 15) is 9.59 Å². The molecule has 1 saturated carbocycles. The molecule has 15 heavy (non-hydrogen) atoms. The smallest absolute Gasteiger partial charge is 0.307 e. The van der Waals surface area contributed by atoms with Gasteiger partial charge >= 0.3 is 5.97 Å². The number of Topliss-reactive ketones (excluding diaryl/α,β-unsaturated/α-hetero) is 1. The zero-order valence-corrected chi connectivity index (χ0v) is 10.2. The summed E-state index contributed by atoms with van der Waals surface area (Å²) in [7, 11) is 0. The van der Waals surface area contributed by atoms with Crippen molar-refractivity contribution in [3.8, 4) is 0 Å². The summed E-state index contributed by atoms with van der Waals surface area (Å²) in [5, 5.41) is 0.329. The fourth-order valence-corrected chi connectivity index (χ4v) is 3.18. The average molecular weight is 275 g/mol. The van der Waals surface area contributed by atoms with Gasteiger partial charge in [0.15, 0.2) is 5.78 Å². The maximum Gasteiger partial charge on any atom is 0.307 e. The molecule has 1 atom stereocenters. The molecule has 1 heterocycles. The molecule has 1 saturated heterocycles. The van der Waals surface area contributed by atoms with Crippen LogP contribution in [0.3, 0.4) is 0 Å². The number of halogens is 1. The van der Waals surface area contributed by atoms with Crippen LogP contribution in [0.15, 0.2) is 0 Å². The van der Waals surface area contributed by atoms with E-state index in [1.54, 1.807) is 0 Å². The van der Waals surface area contributed by atoms with Crippen LogP contribution in [0.25, 0.3) is 0 Å². The summed E-state index contributed by atoms with van der Waals surface area (Å²) in [6, 6.07) is 0. The number of alkyl halides is 1. The van der Waals surface area contributed by atoms with Crippen molar-refractivity contribution in [2.24, 2.45) is 5.92 Å². The molecule has 4 heteroatoms. The summed E-state index contributed by atoms with van der Waals surface area (Å²) < 4.78 is 5.44. The molecular formula is C11H15BrO3. The highest BCUT2D eigenvalue weighted by molar-refractivity contribution is 9.09. The molecule has 3 nitrogen and oxygen atoms in total. The number of ketones is 1. The summed E-state index contributed by atoms with van der Waals surface area (Å²) in [5.41, 5.74) is -0.444. The van der Waals surface area contributed by atoms with Gasteiger partial charge < -0.3 is 4.74 Å². The molecule has 1 aliphatic carbocycles. The van der Waals surface area contributed by atoms with Crippen LogP contribution in [0.2, 0.25) is 0 Å². The van der Waals surface area contributed by atoms with Crippen LogP contribution in [0.1, 0.15) is 38.5 Å². The van der Waals surface area contributed by atoms with Crippen LogP contribution in [0.5, 0.6) is 0 Å². The Morgan fingerprint density at radius 1 is 1.40 bits per heavy atom. The Morgan fingerprint density at radius 2 is 2.07 bits per heavy atom. The molecule has 0 amide bonds. The predicted octanol–water partition coefficient (Wildman–Crippen LogP) is 2.22. The molecule has 0 aromatic rings. The van der Waals surface area contributed by atoms with E-state index in [2.05, 4.69) is 15.9 Å². The first kappa shape index (κ1) is 11.1. The van der Waals surface area contributed by atoms with E-state index < -0.39 is 5.60 Å². The average Bonchev–Trinajstić information content (AvgIpc) is 2.55. The van der Waals surface area contributed by atoms with Crippen LogP contribution < -0.4 is 0 Å². The van der Waals surface area contributed by atoms with Gasteiger partial charge in [0.1, 0.15) is 5.60 Å². The lowest BCUT2D eigenvalue weighted by molar-refractivity contribution is -0.153. The predicted molar refractivity (Wildman–Crippen MR) is 58.8 cm³/mol. The summed E-state index contributed by atoms with van der Waals surface area (Å²) in [4.78, 5) is 23.1. The largest absolute Gasteiger partial charge is 0.458 e. The van der Waals surface area contributed by atoms with Gasteiger partial charge in [0, 0.05) is 0 Å². The van der Waals surface area contributed by atoms with Crippen molar-refractivity contribution in [2.45, 2.75) is 44.1 Å². The van der Waals surface area contributed by atoms with E-state index >= 15 is 0 Å². The fourth-order valence-electron chi connectivity index (χ4n) is 2.79. The van der Waals surface area contributed by atoms with Crippen LogP contribution in [-0.4, -0.2) is 22.7 Å². The second-order valence-electron chi connectivity index (χ2n) is 4.46. The Balaban J connectivity index is 2.19.